The van der Waals surface area contributed by atoms with Crippen LogP contribution >= 0.6 is 11.8 Å². The Kier molecular flexibility index (Phi) is 7.23. The van der Waals surface area contributed by atoms with E-state index in [-0.39, 0.29) is 17.2 Å². The minimum atomic E-state index is -0.284. The first kappa shape index (κ1) is 25.2. The highest BCUT2D eigenvalue weighted by molar-refractivity contribution is 7.99. The Bertz CT molecular complexity index is 1680. The van der Waals surface area contributed by atoms with E-state index >= 15 is 0 Å². The summed E-state index contributed by atoms with van der Waals surface area (Å²) < 4.78 is 17.7. The van der Waals surface area contributed by atoms with Gasteiger partial charge in [0, 0.05) is 22.7 Å². The minimum Gasteiger partial charge on any atom is -0.494 e. The van der Waals surface area contributed by atoms with Crippen LogP contribution in [-0.4, -0.2) is 47.0 Å². The van der Waals surface area contributed by atoms with Gasteiger partial charge >= 0.3 is 0 Å². The lowest BCUT2D eigenvalue weighted by atomic mass is 10.2. The number of methoxy groups -OCH3 is 2. The summed E-state index contributed by atoms with van der Waals surface area (Å²) >= 11 is 1.17. The lowest BCUT2D eigenvalue weighted by Gasteiger charge is -2.14. The molecule has 0 radical (unpaired) electrons. The summed E-state index contributed by atoms with van der Waals surface area (Å²) in [5.41, 5.74) is 2.64. The fourth-order valence-electron chi connectivity index (χ4n) is 4.16. The maximum atomic E-state index is 13.8. The predicted octanol–water partition coefficient (Wildman–Crippen LogP) is 5.01. The van der Waals surface area contributed by atoms with Gasteiger partial charge in [-0.3, -0.25) is 14.2 Å². The lowest BCUT2D eigenvalue weighted by Crippen LogP contribution is -2.23. The number of H-pyrrole nitrogens is 1. The Hall–Kier alpha value is -4.44. The zero-order valence-corrected chi connectivity index (χ0v) is 21.9. The van der Waals surface area contributed by atoms with Crippen molar-refractivity contribution in [3.63, 3.8) is 0 Å². The number of carbonyl (C=O) groups is 1. The first-order chi connectivity index (χ1) is 18.5. The van der Waals surface area contributed by atoms with E-state index in [1.165, 1.54) is 23.4 Å². The Morgan fingerprint density at radius 3 is 2.53 bits per heavy atom. The molecule has 9 nitrogen and oxygen atoms in total. The molecule has 2 aromatic heterocycles. The van der Waals surface area contributed by atoms with Crippen molar-refractivity contribution >= 4 is 45.3 Å². The van der Waals surface area contributed by atoms with Crippen LogP contribution in [0.5, 0.6) is 17.2 Å². The minimum absolute atomic E-state index is 0.0425. The van der Waals surface area contributed by atoms with Crippen LogP contribution in [0.25, 0.3) is 27.6 Å². The van der Waals surface area contributed by atoms with E-state index in [1.807, 2.05) is 31.2 Å². The number of thioether (sulfide) groups is 1. The number of para-hydroxylation sites is 1. The summed E-state index contributed by atoms with van der Waals surface area (Å²) in [5, 5.41) is 4.09. The molecular weight excluding hydrogens is 504 g/mol. The SMILES string of the molecule is CCOc1ccc(NC(=O)CSc2nc3c([nH]c4ccccc43)c(=O)n2-c2ccc(OC)c(OC)c2)cc1. The number of amides is 1. The smallest absolute Gasteiger partial charge is 0.283 e. The molecule has 0 bridgehead atoms. The number of carbonyl (C=O) groups excluding carboxylic acids is 1. The number of fused-ring (bicyclic) bond motifs is 3. The molecule has 0 spiro atoms. The molecule has 194 valence electrons. The van der Waals surface area contributed by atoms with Crippen molar-refractivity contribution in [3.8, 4) is 22.9 Å². The normalized spacial score (nSPS) is 11.0. The van der Waals surface area contributed by atoms with Crippen molar-refractivity contribution in [3.05, 3.63) is 77.1 Å². The summed E-state index contributed by atoms with van der Waals surface area (Å²) in [4.78, 5) is 34.6. The van der Waals surface area contributed by atoms with E-state index in [0.717, 1.165) is 16.7 Å². The lowest BCUT2D eigenvalue weighted by molar-refractivity contribution is -0.113. The summed E-state index contributed by atoms with van der Waals surface area (Å²) in [6.07, 6.45) is 0. The topological polar surface area (TPSA) is 107 Å². The highest BCUT2D eigenvalue weighted by atomic mass is 32.2. The molecule has 1 amide bonds. The molecule has 0 unspecified atom stereocenters. The van der Waals surface area contributed by atoms with E-state index in [1.54, 1.807) is 49.6 Å². The number of nitrogens with one attached hydrogen (secondary N) is 2. The number of benzene rings is 3. The van der Waals surface area contributed by atoms with Gasteiger partial charge in [-0.15, -0.1) is 0 Å². The monoisotopic (exact) mass is 530 g/mol. The van der Waals surface area contributed by atoms with Crippen LogP contribution in [0.1, 0.15) is 6.92 Å². The van der Waals surface area contributed by atoms with Crippen molar-refractivity contribution in [2.24, 2.45) is 0 Å². The van der Waals surface area contributed by atoms with E-state index in [2.05, 4.69) is 10.3 Å². The Morgan fingerprint density at radius 1 is 1.03 bits per heavy atom. The number of aromatic nitrogens is 3. The highest BCUT2D eigenvalue weighted by Gasteiger charge is 2.19. The molecule has 0 aliphatic carbocycles. The van der Waals surface area contributed by atoms with Gasteiger partial charge in [0.1, 0.15) is 16.8 Å². The van der Waals surface area contributed by atoms with Crippen LogP contribution in [0.3, 0.4) is 0 Å². The molecule has 0 aliphatic rings. The van der Waals surface area contributed by atoms with Crippen molar-refractivity contribution < 1.29 is 19.0 Å². The van der Waals surface area contributed by atoms with Gasteiger partial charge in [-0.05, 0) is 49.4 Å². The molecule has 0 saturated carbocycles. The van der Waals surface area contributed by atoms with Crippen LogP contribution in [0.2, 0.25) is 0 Å². The van der Waals surface area contributed by atoms with Crippen LogP contribution < -0.4 is 25.1 Å². The summed E-state index contributed by atoms with van der Waals surface area (Å²) in [6.45, 7) is 2.48. The second-order valence-corrected chi connectivity index (χ2v) is 9.21. The molecule has 2 N–H and O–H groups in total. The predicted molar refractivity (Wildman–Crippen MR) is 149 cm³/mol. The van der Waals surface area contributed by atoms with Crippen molar-refractivity contribution in [1.82, 2.24) is 14.5 Å². The van der Waals surface area contributed by atoms with Gasteiger partial charge in [-0.2, -0.15) is 0 Å². The van der Waals surface area contributed by atoms with E-state index in [4.69, 9.17) is 19.2 Å². The van der Waals surface area contributed by atoms with E-state index in [0.29, 0.717) is 45.7 Å². The van der Waals surface area contributed by atoms with Gasteiger partial charge in [0.2, 0.25) is 5.91 Å². The number of hydrogen-bond acceptors (Lipinski definition) is 7. The van der Waals surface area contributed by atoms with Crippen LogP contribution in [-0.2, 0) is 4.79 Å². The Balaban J connectivity index is 1.52. The number of nitrogens with zero attached hydrogens (tertiary/aromatic N) is 2. The van der Waals surface area contributed by atoms with Gasteiger partial charge in [0.05, 0.1) is 32.3 Å². The zero-order valence-electron chi connectivity index (χ0n) is 21.1. The summed E-state index contributed by atoms with van der Waals surface area (Å²) in [5.74, 6) is 1.55. The third-order valence-corrected chi connectivity index (χ3v) is 6.84. The largest absolute Gasteiger partial charge is 0.494 e. The van der Waals surface area contributed by atoms with E-state index < -0.39 is 0 Å². The maximum absolute atomic E-state index is 13.8. The third kappa shape index (κ3) is 4.90. The van der Waals surface area contributed by atoms with E-state index in [9.17, 15) is 9.59 Å². The maximum Gasteiger partial charge on any atom is 0.283 e. The van der Waals surface area contributed by atoms with Crippen LogP contribution in [0, 0.1) is 0 Å². The standard InChI is InChI=1S/C28H26N4O5S/c1-4-37-19-12-9-17(10-13-19)29-24(33)16-38-28-31-25-20-7-5-6-8-21(20)30-26(25)27(34)32(28)18-11-14-22(35-2)23(15-18)36-3/h5-15,30H,4,16H2,1-3H3,(H,29,33). The second kappa shape index (κ2) is 10.9. The number of hydrogen-bond donors (Lipinski definition) is 2. The first-order valence-corrected chi connectivity index (χ1v) is 12.9. The van der Waals surface area contributed by atoms with Gasteiger partial charge in [0.15, 0.2) is 16.7 Å². The number of ether oxygens (including phenoxy) is 3. The van der Waals surface area contributed by atoms with Crippen molar-refractivity contribution in [2.45, 2.75) is 12.1 Å². The quantitative estimate of drug-likeness (QED) is 0.204. The number of rotatable bonds is 9. The molecule has 0 fully saturated rings. The van der Waals surface area contributed by atoms with Crippen LogP contribution in [0.4, 0.5) is 5.69 Å². The molecule has 5 rings (SSSR count). The average Bonchev–Trinajstić information content (AvgIpc) is 3.32. The third-order valence-electron chi connectivity index (χ3n) is 5.90. The van der Waals surface area contributed by atoms with Gasteiger partial charge in [0.25, 0.3) is 5.56 Å². The van der Waals surface area contributed by atoms with Crippen LogP contribution in [0.15, 0.2) is 76.7 Å². The molecule has 0 saturated heterocycles. The first-order valence-electron chi connectivity index (χ1n) is 11.9. The van der Waals surface area contributed by atoms with Gasteiger partial charge in [-0.1, -0.05) is 30.0 Å². The molecule has 38 heavy (non-hydrogen) atoms. The second-order valence-electron chi connectivity index (χ2n) is 8.26. The Labute approximate surface area is 222 Å². The molecular formula is C28H26N4O5S. The van der Waals surface area contributed by atoms with Crippen molar-refractivity contribution in [2.75, 3.05) is 31.9 Å². The molecule has 0 atom stereocenters. The fraction of sp³-hybridized carbons (Fsp3) is 0.179. The van der Waals surface area contributed by atoms with Gasteiger partial charge < -0.3 is 24.5 Å². The summed E-state index contributed by atoms with van der Waals surface area (Å²) in [6, 6.07) is 19.9. The molecule has 10 heteroatoms. The molecule has 0 aliphatic heterocycles. The fourth-order valence-corrected chi connectivity index (χ4v) is 4.96. The van der Waals surface area contributed by atoms with Crippen molar-refractivity contribution in [1.29, 1.82) is 0 Å². The number of aromatic amines is 1. The highest BCUT2D eigenvalue weighted by Crippen LogP contribution is 2.31. The molecule has 5 aromatic rings. The summed E-state index contributed by atoms with van der Waals surface area (Å²) in [7, 11) is 3.08. The number of anilines is 1. The van der Waals surface area contributed by atoms with Gasteiger partial charge in [-0.25, -0.2) is 4.98 Å². The molecule has 2 heterocycles. The zero-order chi connectivity index (χ0) is 26.6. The molecule has 3 aromatic carbocycles. The average molecular weight is 531 g/mol. The Morgan fingerprint density at radius 2 is 1.79 bits per heavy atom.